The number of hydrogen-bond donors (Lipinski definition) is 1. The molecule has 36 heavy (non-hydrogen) atoms. The zero-order valence-corrected chi connectivity index (χ0v) is 22.4. The molecule has 5 rings (SSSR count). The number of sulfonamides is 1. The van der Waals surface area contributed by atoms with Crippen molar-refractivity contribution in [2.45, 2.75) is 50.5 Å². The van der Waals surface area contributed by atoms with Gasteiger partial charge in [0, 0.05) is 18.2 Å². The lowest BCUT2D eigenvalue weighted by molar-refractivity contribution is 0.193. The molecule has 190 valence electrons. The summed E-state index contributed by atoms with van der Waals surface area (Å²) >= 11 is 1.71. The quantitative estimate of drug-likeness (QED) is 0.529. The maximum atomic E-state index is 12.7. The van der Waals surface area contributed by atoms with Gasteiger partial charge in [0.2, 0.25) is 10.0 Å². The predicted octanol–water partition coefficient (Wildman–Crippen LogP) is 4.19. The maximum absolute atomic E-state index is 12.7. The van der Waals surface area contributed by atoms with Crippen LogP contribution in [-0.4, -0.2) is 56.4 Å². The number of likely N-dealkylation sites (tertiary alicyclic amines) is 1. The molecule has 0 amide bonds. The number of nitriles is 1. The number of hydrogen-bond acceptors (Lipinski definition) is 7. The number of ether oxygens (including phenoxy) is 1. The summed E-state index contributed by atoms with van der Waals surface area (Å²) in [6.45, 7) is 7.15. The first-order chi connectivity index (χ1) is 17.3. The number of aliphatic imine (C=N–C) groups is 1. The Morgan fingerprint density at radius 1 is 1.25 bits per heavy atom. The third-order valence-electron chi connectivity index (χ3n) is 6.96. The average Bonchev–Trinajstić information content (AvgIpc) is 3.45. The molecule has 1 N–H and O–H groups in total. The van der Waals surface area contributed by atoms with E-state index >= 15 is 0 Å². The highest BCUT2D eigenvalue weighted by Crippen LogP contribution is 2.44. The molecule has 1 aliphatic carbocycles. The summed E-state index contributed by atoms with van der Waals surface area (Å²) < 4.78 is 34.2. The normalized spacial score (nSPS) is 21.7. The topological polar surface area (TPSA) is 94.8 Å². The van der Waals surface area contributed by atoms with Crippen LogP contribution in [0.2, 0.25) is 0 Å². The van der Waals surface area contributed by atoms with Crippen LogP contribution in [0.1, 0.15) is 65.8 Å². The van der Waals surface area contributed by atoms with Crippen LogP contribution in [0.15, 0.2) is 41.4 Å². The number of nitrogens with one attached hydrogen (secondary N) is 1. The SMILES string of the molecule is CC(C)Oc1ccc(C2=NCC(c3cccc4c3CC[C@@H]4NS(=O)(=O)CCN3CCC3)S2)cc1C#N. The first-order valence-electron chi connectivity index (χ1n) is 12.6. The lowest BCUT2D eigenvalue weighted by Gasteiger charge is -2.30. The Bertz CT molecular complexity index is 1310. The van der Waals surface area contributed by atoms with E-state index in [4.69, 9.17) is 9.73 Å². The van der Waals surface area contributed by atoms with Crippen molar-refractivity contribution in [1.29, 1.82) is 5.26 Å². The van der Waals surface area contributed by atoms with Crippen molar-refractivity contribution in [2.75, 3.05) is 31.9 Å². The predicted molar refractivity (Wildman–Crippen MR) is 144 cm³/mol. The van der Waals surface area contributed by atoms with Crippen molar-refractivity contribution in [2.24, 2.45) is 4.99 Å². The summed E-state index contributed by atoms with van der Waals surface area (Å²) in [6, 6.07) is 14.0. The van der Waals surface area contributed by atoms with Crippen molar-refractivity contribution < 1.29 is 13.2 Å². The molecule has 0 bridgehead atoms. The van der Waals surface area contributed by atoms with Gasteiger partial charge >= 0.3 is 0 Å². The van der Waals surface area contributed by atoms with E-state index in [1.54, 1.807) is 11.8 Å². The van der Waals surface area contributed by atoms with Crippen LogP contribution in [0.4, 0.5) is 0 Å². The first-order valence-corrected chi connectivity index (χ1v) is 15.1. The Balaban J connectivity index is 1.28. The molecular formula is C27H32N4O3S2. The summed E-state index contributed by atoms with van der Waals surface area (Å²) in [4.78, 5) is 6.98. The van der Waals surface area contributed by atoms with E-state index in [1.807, 2.05) is 38.1 Å². The van der Waals surface area contributed by atoms with Gasteiger partial charge in [0.25, 0.3) is 0 Å². The summed E-state index contributed by atoms with van der Waals surface area (Å²) in [7, 11) is -3.33. The van der Waals surface area contributed by atoms with Crippen molar-refractivity contribution >= 4 is 26.8 Å². The molecule has 9 heteroatoms. The maximum Gasteiger partial charge on any atom is 0.213 e. The molecule has 3 aliphatic rings. The van der Waals surface area contributed by atoms with Gasteiger partial charge in [0.1, 0.15) is 11.8 Å². The Labute approximate surface area is 218 Å². The Morgan fingerprint density at radius 2 is 2.06 bits per heavy atom. The zero-order valence-electron chi connectivity index (χ0n) is 20.7. The minimum Gasteiger partial charge on any atom is -0.490 e. The minimum atomic E-state index is -3.33. The lowest BCUT2D eigenvalue weighted by atomic mass is 10.00. The van der Waals surface area contributed by atoms with Gasteiger partial charge in [-0.25, -0.2) is 13.1 Å². The van der Waals surface area contributed by atoms with Crippen LogP contribution >= 0.6 is 11.8 Å². The highest BCUT2D eigenvalue weighted by Gasteiger charge is 2.32. The second-order valence-corrected chi connectivity index (χ2v) is 12.9. The van der Waals surface area contributed by atoms with Gasteiger partial charge in [-0.15, -0.1) is 0 Å². The van der Waals surface area contributed by atoms with Gasteiger partial charge in [-0.1, -0.05) is 30.0 Å². The van der Waals surface area contributed by atoms with Crippen LogP contribution in [-0.2, 0) is 16.4 Å². The number of fused-ring (bicyclic) bond motifs is 1. The fourth-order valence-electron chi connectivity index (χ4n) is 5.04. The second kappa shape index (κ2) is 10.5. The van der Waals surface area contributed by atoms with Crippen molar-refractivity contribution in [3.63, 3.8) is 0 Å². The lowest BCUT2D eigenvalue weighted by Crippen LogP contribution is -2.42. The van der Waals surface area contributed by atoms with Crippen LogP contribution < -0.4 is 9.46 Å². The van der Waals surface area contributed by atoms with Crippen LogP contribution in [0.3, 0.4) is 0 Å². The van der Waals surface area contributed by atoms with Gasteiger partial charge in [0.15, 0.2) is 0 Å². The molecule has 2 aromatic rings. The highest BCUT2D eigenvalue weighted by molar-refractivity contribution is 8.14. The van der Waals surface area contributed by atoms with Crippen LogP contribution in [0.25, 0.3) is 0 Å². The molecule has 1 fully saturated rings. The number of benzene rings is 2. The van der Waals surface area contributed by atoms with E-state index in [9.17, 15) is 13.7 Å². The standard InChI is InChI=1S/C27H32N4O3S2/c1-18(2)34-25-10-7-19(15-20(25)16-28)27-29-17-26(35-27)23-6-3-5-22-21(23)8-9-24(22)30-36(32,33)14-13-31-11-4-12-31/h3,5-7,10,15,18,24,26,30H,4,8-9,11-14,17H2,1-2H3/t24-,26?/m0/s1. The van der Waals surface area contributed by atoms with E-state index in [0.717, 1.165) is 48.5 Å². The van der Waals surface area contributed by atoms with E-state index in [0.29, 0.717) is 24.4 Å². The second-order valence-electron chi connectivity index (χ2n) is 9.88. The molecule has 0 aromatic heterocycles. The third kappa shape index (κ3) is 5.47. The molecule has 0 saturated carbocycles. The van der Waals surface area contributed by atoms with E-state index in [-0.39, 0.29) is 23.1 Å². The summed E-state index contributed by atoms with van der Waals surface area (Å²) in [5.74, 6) is 0.746. The first kappa shape index (κ1) is 25.3. The summed E-state index contributed by atoms with van der Waals surface area (Å²) in [6.07, 6.45) is 2.80. The van der Waals surface area contributed by atoms with Gasteiger partial charge in [0.05, 0.1) is 34.3 Å². The fourth-order valence-corrected chi connectivity index (χ4v) is 7.51. The van der Waals surface area contributed by atoms with Crippen LogP contribution in [0.5, 0.6) is 5.75 Å². The van der Waals surface area contributed by atoms with Gasteiger partial charge in [-0.3, -0.25) is 4.99 Å². The monoisotopic (exact) mass is 524 g/mol. The molecule has 2 aromatic carbocycles. The van der Waals surface area contributed by atoms with E-state index in [2.05, 4.69) is 27.8 Å². The molecule has 1 saturated heterocycles. The molecule has 0 spiro atoms. The van der Waals surface area contributed by atoms with Gasteiger partial charge < -0.3 is 9.64 Å². The summed E-state index contributed by atoms with van der Waals surface area (Å²) in [5.41, 5.74) is 5.02. The molecule has 2 atom stereocenters. The number of nitrogens with zero attached hydrogens (tertiary/aromatic N) is 3. The number of thioether (sulfide) groups is 1. The molecular weight excluding hydrogens is 492 g/mol. The molecule has 2 aliphatic heterocycles. The highest BCUT2D eigenvalue weighted by atomic mass is 32.2. The largest absolute Gasteiger partial charge is 0.490 e. The fraction of sp³-hybridized carbons (Fsp3) is 0.481. The Kier molecular flexibility index (Phi) is 7.40. The Morgan fingerprint density at radius 3 is 2.78 bits per heavy atom. The Hall–Kier alpha value is -2.38. The van der Waals surface area contributed by atoms with Crippen molar-refractivity contribution in [1.82, 2.24) is 9.62 Å². The van der Waals surface area contributed by atoms with E-state index in [1.165, 1.54) is 11.1 Å². The summed E-state index contributed by atoms with van der Waals surface area (Å²) in [5, 5.41) is 10.7. The third-order valence-corrected chi connectivity index (χ3v) is 9.60. The van der Waals surface area contributed by atoms with Crippen molar-refractivity contribution in [3.05, 3.63) is 64.2 Å². The molecule has 0 radical (unpaired) electrons. The molecule has 7 nitrogen and oxygen atoms in total. The van der Waals surface area contributed by atoms with Gasteiger partial charge in [-0.2, -0.15) is 5.26 Å². The number of rotatable bonds is 9. The smallest absolute Gasteiger partial charge is 0.213 e. The zero-order chi connectivity index (χ0) is 25.3. The van der Waals surface area contributed by atoms with E-state index < -0.39 is 10.0 Å². The average molecular weight is 525 g/mol. The van der Waals surface area contributed by atoms with Crippen LogP contribution in [0, 0.1) is 11.3 Å². The van der Waals surface area contributed by atoms with Gasteiger partial charge in [-0.05, 0) is 81.1 Å². The molecule has 1 unspecified atom stereocenters. The minimum absolute atomic E-state index is 0.000434. The van der Waals surface area contributed by atoms with Crippen molar-refractivity contribution in [3.8, 4) is 11.8 Å². The molecule has 2 heterocycles.